The molecule has 2 aromatic heterocycles. The van der Waals surface area contributed by atoms with E-state index < -0.39 is 0 Å². The van der Waals surface area contributed by atoms with Crippen LogP contribution in [-0.2, 0) is 12.8 Å². The Labute approximate surface area is 88.3 Å². The molecule has 4 nitrogen and oxygen atoms in total. The van der Waals surface area contributed by atoms with Gasteiger partial charge in [0.2, 0.25) is 0 Å². The molecule has 2 heterocycles. The summed E-state index contributed by atoms with van der Waals surface area (Å²) in [5.74, 6) is 1.22. The number of fused-ring (bicyclic) bond motifs is 1. The first-order chi connectivity index (χ1) is 7.20. The normalized spacial score (nSPS) is 10.7. The number of aromatic nitrogens is 2. The van der Waals surface area contributed by atoms with Gasteiger partial charge in [-0.15, -0.1) is 0 Å². The predicted molar refractivity (Wildman–Crippen MR) is 60.2 cm³/mol. The fourth-order valence-corrected chi connectivity index (χ4v) is 1.67. The molecule has 15 heavy (non-hydrogen) atoms. The lowest BCUT2D eigenvalue weighted by molar-refractivity contribution is 0.926. The van der Waals surface area contributed by atoms with E-state index in [1.165, 1.54) is 0 Å². The summed E-state index contributed by atoms with van der Waals surface area (Å²) in [7, 11) is 0. The standard InChI is InChI=1S/C11H14N4/c1-2-11-14-6-9-4-3-8(5-10(12)13)7-15(9)11/h3-4,6-7H,2,5H2,1H3,(H3,12,13). The zero-order valence-electron chi connectivity index (χ0n) is 8.70. The summed E-state index contributed by atoms with van der Waals surface area (Å²) in [4.78, 5) is 4.31. The molecule has 3 N–H and O–H groups in total. The van der Waals surface area contributed by atoms with Crippen molar-refractivity contribution in [3.63, 3.8) is 0 Å². The van der Waals surface area contributed by atoms with E-state index in [1.54, 1.807) is 0 Å². The third-order valence-corrected chi connectivity index (χ3v) is 2.38. The number of hydrogen-bond donors (Lipinski definition) is 2. The van der Waals surface area contributed by atoms with Crippen molar-refractivity contribution in [2.24, 2.45) is 5.73 Å². The van der Waals surface area contributed by atoms with Gasteiger partial charge in [-0.05, 0) is 11.6 Å². The summed E-state index contributed by atoms with van der Waals surface area (Å²) in [6.45, 7) is 2.08. The van der Waals surface area contributed by atoms with Crippen LogP contribution in [0.5, 0.6) is 0 Å². The molecule has 0 unspecified atom stereocenters. The van der Waals surface area contributed by atoms with E-state index >= 15 is 0 Å². The van der Waals surface area contributed by atoms with Gasteiger partial charge in [0.1, 0.15) is 5.82 Å². The predicted octanol–water partition coefficient (Wildman–Crippen LogP) is 1.38. The maximum absolute atomic E-state index is 7.25. The number of nitrogens with two attached hydrogens (primary N) is 1. The number of aryl methyl sites for hydroxylation is 1. The minimum atomic E-state index is 0.188. The molecule has 0 spiro atoms. The van der Waals surface area contributed by atoms with Crippen LogP contribution in [0, 0.1) is 5.41 Å². The Morgan fingerprint density at radius 2 is 2.33 bits per heavy atom. The van der Waals surface area contributed by atoms with Gasteiger partial charge in [-0.25, -0.2) is 4.98 Å². The van der Waals surface area contributed by atoms with Crippen LogP contribution < -0.4 is 5.73 Å². The molecule has 0 bridgehead atoms. The third kappa shape index (κ3) is 1.83. The minimum Gasteiger partial charge on any atom is -0.387 e. The second-order valence-electron chi connectivity index (χ2n) is 3.56. The second kappa shape index (κ2) is 3.73. The van der Waals surface area contributed by atoms with Gasteiger partial charge in [0.15, 0.2) is 0 Å². The zero-order valence-corrected chi connectivity index (χ0v) is 8.70. The Morgan fingerprint density at radius 3 is 3.00 bits per heavy atom. The fourth-order valence-electron chi connectivity index (χ4n) is 1.67. The van der Waals surface area contributed by atoms with E-state index in [4.69, 9.17) is 11.1 Å². The van der Waals surface area contributed by atoms with Crippen molar-refractivity contribution in [2.75, 3.05) is 0 Å². The number of hydrogen-bond acceptors (Lipinski definition) is 2. The molecule has 0 radical (unpaired) electrons. The molecule has 0 amide bonds. The van der Waals surface area contributed by atoms with Crippen LogP contribution in [0.25, 0.3) is 5.52 Å². The topological polar surface area (TPSA) is 67.2 Å². The van der Waals surface area contributed by atoms with Crippen LogP contribution in [0.4, 0.5) is 0 Å². The minimum absolute atomic E-state index is 0.188. The molecular weight excluding hydrogens is 188 g/mol. The van der Waals surface area contributed by atoms with Crippen molar-refractivity contribution in [3.8, 4) is 0 Å². The monoisotopic (exact) mass is 202 g/mol. The highest BCUT2D eigenvalue weighted by molar-refractivity contribution is 5.79. The van der Waals surface area contributed by atoms with E-state index in [0.29, 0.717) is 6.42 Å². The summed E-state index contributed by atoms with van der Waals surface area (Å²) in [5.41, 5.74) is 7.50. The molecule has 0 aliphatic heterocycles. The molecule has 2 rings (SSSR count). The number of nitrogens with one attached hydrogen (secondary N) is 1. The molecule has 0 saturated heterocycles. The molecule has 78 valence electrons. The smallest absolute Gasteiger partial charge is 0.112 e. The molecule has 0 aliphatic carbocycles. The average Bonchev–Trinajstić information content (AvgIpc) is 2.59. The maximum atomic E-state index is 7.25. The van der Waals surface area contributed by atoms with Gasteiger partial charge >= 0.3 is 0 Å². The van der Waals surface area contributed by atoms with E-state index in [-0.39, 0.29) is 5.84 Å². The van der Waals surface area contributed by atoms with Crippen LogP contribution in [0.2, 0.25) is 0 Å². The number of amidine groups is 1. The lowest BCUT2D eigenvalue weighted by Crippen LogP contribution is -2.13. The van der Waals surface area contributed by atoms with E-state index in [1.807, 2.05) is 24.5 Å². The number of pyridine rings is 1. The Morgan fingerprint density at radius 1 is 1.53 bits per heavy atom. The first kappa shape index (κ1) is 9.71. The van der Waals surface area contributed by atoms with Gasteiger partial charge in [0, 0.05) is 19.0 Å². The van der Waals surface area contributed by atoms with E-state index in [2.05, 4.69) is 16.3 Å². The van der Waals surface area contributed by atoms with Gasteiger partial charge in [0.25, 0.3) is 0 Å². The van der Waals surface area contributed by atoms with E-state index in [9.17, 15) is 0 Å². The molecule has 0 aromatic carbocycles. The Balaban J connectivity index is 2.47. The van der Waals surface area contributed by atoms with Crippen LogP contribution >= 0.6 is 0 Å². The molecular formula is C11H14N4. The van der Waals surface area contributed by atoms with Crippen LogP contribution in [0.1, 0.15) is 18.3 Å². The Bertz CT molecular complexity index is 498. The lowest BCUT2D eigenvalue weighted by atomic mass is 10.2. The fraction of sp³-hybridized carbons (Fsp3) is 0.273. The van der Waals surface area contributed by atoms with Crippen molar-refractivity contribution in [1.82, 2.24) is 9.38 Å². The van der Waals surface area contributed by atoms with Gasteiger partial charge in [-0.3, -0.25) is 5.41 Å². The molecule has 4 heteroatoms. The van der Waals surface area contributed by atoms with Crippen molar-refractivity contribution >= 4 is 11.4 Å². The molecule has 0 atom stereocenters. The van der Waals surface area contributed by atoms with Crippen LogP contribution in [-0.4, -0.2) is 15.2 Å². The third-order valence-electron chi connectivity index (χ3n) is 2.38. The highest BCUT2D eigenvalue weighted by Gasteiger charge is 2.02. The number of nitrogens with zero attached hydrogens (tertiary/aromatic N) is 2. The van der Waals surface area contributed by atoms with Gasteiger partial charge in [0.05, 0.1) is 17.5 Å². The second-order valence-corrected chi connectivity index (χ2v) is 3.56. The van der Waals surface area contributed by atoms with Crippen molar-refractivity contribution in [2.45, 2.75) is 19.8 Å². The van der Waals surface area contributed by atoms with Crippen LogP contribution in [0.3, 0.4) is 0 Å². The van der Waals surface area contributed by atoms with Crippen molar-refractivity contribution in [1.29, 1.82) is 5.41 Å². The molecule has 0 saturated carbocycles. The van der Waals surface area contributed by atoms with Gasteiger partial charge in [-0.2, -0.15) is 0 Å². The van der Waals surface area contributed by atoms with E-state index in [0.717, 1.165) is 23.3 Å². The highest BCUT2D eigenvalue weighted by atomic mass is 15.0. The molecule has 0 aliphatic rings. The van der Waals surface area contributed by atoms with Gasteiger partial charge in [-0.1, -0.05) is 13.0 Å². The summed E-state index contributed by atoms with van der Waals surface area (Å²) in [5, 5.41) is 7.25. The zero-order chi connectivity index (χ0) is 10.8. The summed E-state index contributed by atoms with van der Waals surface area (Å²) in [6, 6.07) is 3.99. The maximum Gasteiger partial charge on any atom is 0.112 e. The first-order valence-corrected chi connectivity index (χ1v) is 4.98. The number of rotatable bonds is 3. The highest BCUT2D eigenvalue weighted by Crippen LogP contribution is 2.10. The summed E-state index contributed by atoms with van der Waals surface area (Å²) < 4.78 is 2.05. The largest absolute Gasteiger partial charge is 0.387 e. The summed E-state index contributed by atoms with van der Waals surface area (Å²) >= 11 is 0. The first-order valence-electron chi connectivity index (χ1n) is 4.98. The lowest BCUT2D eigenvalue weighted by Gasteiger charge is -2.03. The van der Waals surface area contributed by atoms with Crippen molar-refractivity contribution in [3.05, 3.63) is 35.9 Å². The van der Waals surface area contributed by atoms with Crippen LogP contribution in [0.15, 0.2) is 24.5 Å². The quantitative estimate of drug-likeness (QED) is 0.583. The molecule has 2 aromatic rings. The summed E-state index contributed by atoms with van der Waals surface area (Å²) in [6.07, 6.45) is 5.26. The average molecular weight is 202 g/mol. The molecule has 0 fully saturated rings. The number of imidazole rings is 1. The van der Waals surface area contributed by atoms with Crippen molar-refractivity contribution < 1.29 is 0 Å². The Hall–Kier alpha value is -1.84. The Kier molecular flexibility index (Phi) is 2.41. The SMILES string of the molecule is CCc1ncc2ccc(CC(=N)N)cn12. The van der Waals surface area contributed by atoms with Gasteiger partial charge < -0.3 is 10.1 Å².